The van der Waals surface area contributed by atoms with Crippen molar-refractivity contribution in [3.05, 3.63) is 71.8 Å². The largest absolute Gasteiger partial charge is 0.442 e. The molecule has 5 nitrogen and oxygen atoms in total. The maximum atomic E-state index is 12.2. The second kappa shape index (κ2) is 7.89. The molecule has 0 saturated carbocycles. The lowest BCUT2D eigenvalue weighted by molar-refractivity contribution is -0.166. The zero-order chi connectivity index (χ0) is 16.7. The molecule has 0 amide bonds. The average Bonchev–Trinajstić information content (AvgIpc) is 2.60. The maximum absolute atomic E-state index is 12.2. The molecule has 23 heavy (non-hydrogen) atoms. The Morgan fingerprint density at radius 3 is 2.04 bits per heavy atom. The van der Waals surface area contributed by atoms with Crippen LogP contribution in [0.5, 0.6) is 0 Å². The summed E-state index contributed by atoms with van der Waals surface area (Å²) in [6, 6.07) is 16.7. The number of carbonyl (C=O) groups excluding carboxylic acids is 3. The van der Waals surface area contributed by atoms with Crippen molar-refractivity contribution in [1.82, 2.24) is 0 Å². The summed E-state index contributed by atoms with van der Waals surface area (Å²) in [5, 5.41) is 0. The van der Waals surface area contributed by atoms with E-state index in [1.54, 1.807) is 67.6 Å². The molecule has 5 heteroatoms. The summed E-state index contributed by atoms with van der Waals surface area (Å²) in [5.74, 6) is -2.25. The Bertz CT molecular complexity index is 679. The fourth-order valence-electron chi connectivity index (χ4n) is 1.87. The molecule has 0 radical (unpaired) electrons. The van der Waals surface area contributed by atoms with Crippen molar-refractivity contribution in [3.63, 3.8) is 0 Å². The molecule has 1 atom stereocenters. The summed E-state index contributed by atoms with van der Waals surface area (Å²) >= 11 is 0. The monoisotopic (exact) mass is 312 g/mol. The molecule has 0 aliphatic carbocycles. The van der Waals surface area contributed by atoms with Crippen LogP contribution in [0.3, 0.4) is 0 Å². The minimum Gasteiger partial charge on any atom is -0.442 e. The van der Waals surface area contributed by atoms with E-state index in [0.717, 1.165) is 0 Å². The van der Waals surface area contributed by atoms with E-state index in [4.69, 9.17) is 9.47 Å². The van der Waals surface area contributed by atoms with Gasteiger partial charge in [-0.1, -0.05) is 55.5 Å². The maximum Gasteiger partial charge on any atom is 0.359 e. The van der Waals surface area contributed by atoms with E-state index < -0.39 is 24.0 Å². The summed E-state index contributed by atoms with van der Waals surface area (Å²) < 4.78 is 9.96. The Morgan fingerprint density at radius 1 is 0.913 bits per heavy atom. The average molecular weight is 312 g/mol. The van der Waals surface area contributed by atoms with Crippen molar-refractivity contribution < 1.29 is 23.9 Å². The minimum absolute atomic E-state index is 0.0554. The van der Waals surface area contributed by atoms with Crippen LogP contribution >= 0.6 is 0 Å². The lowest BCUT2D eigenvalue weighted by Gasteiger charge is -2.16. The van der Waals surface area contributed by atoms with Crippen LogP contribution in [0.2, 0.25) is 0 Å². The molecule has 0 aliphatic rings. The van der Waals surface area contributed by atoms with Gasteiger partial charge in [0.1, 0.15) is 0 Å². The first kappa shape index (κ1) is 16.4. The fourth-order valence-corrected chi connectivity index (χ4v) is 1.87. The molecule has 0 fully saturated rings. The molecule has 0 aliphatic heterocycles. The van der Waals surface area contributed by atoms with Crippen LogP contribution in [-0.4, -0.2) is 17.9 Å². The first-order valence-corrected chi connectivity index (χ1v) is 7.17. The fraction of sp³-hybridized carbons (Fsp3) is 0.167. The van der Waals surface area contributed by atoms with Crippen LogP contribution in [0.25, 0.3) is 0 Å². The van der Waals surface area contributed by atoms with E-state index in [1.165, 1.54) is 0 Å². The van der Waals surface area contributed by atoms with Gasteiger partial charge in [-0.05, 0) is 12.1 Å². The number of benzene rings is 2. The molecule has 0 saturated heterocycles. The number of ether oxygens (including phenoxy) is 2. The zero-order valence-electron chi connectivity index (χ0n) is 12.6. The van der Waals surface area contributed by atoms with E-state index >= 15 is 0 Å². The van der Waals surface area contributed by atoms with Crippen molar-refractivity contribution >= 4 is 17.9 Å². The second-order valence-corrected chi connectivity index (χ2v) is 4.71. The van der Waals surface area contributed by atoms with Gasteiger partial charge in [-0.25, -0.2) is 9.59 Å². The number of rotatable bonds is 5. The molecule has 2 aromatic rings. The van der Waals surface area contributed by atoms with Gasteiger partial charge in [0.05, 0.1) is 5.56 Å². The van der Waals surface area contributed by atoms with Gasteiger partial charge in [-0.2, -0.15) is 0 Å². The van der Waals surface area contributed by atoms with Crippen molar-refractivity contribution in [3.8, 4) is 0 Å². The Labute approximate surface area is 133 Å². The van der Waals surface area contributed by atoms with Crippen molar-refractivity contribution in [2.75, 3.05) is 0 Å². The summed E-state index contributed by atoms with van der Waals surface area (Å²) in [6.07, 6.45) is -1.24. The quantitative estimate of drug-likeness (QED) is 0.627. The van der Waals surface area contributed by atoms with Gasteiger partial charge < -0.3 is 9.47 Å². The highest BCUT2D eigenvalue weighted by molar-refractivity contribution is 5.93. The lowest BCUT2D eigenvalue weighted by Crippen LogP contribution is -2.24. The van der Waals surface area contributed by atoms with Crippen LogP contribution in [0.15, 0.2) is 60.7 Å². The Hall–Kier alpha value is -2.95. The third-order valence-electron chi connectivity index (χ3n) is 3.05. The third kappa shape index (κ3) is 4.51. The van der Waals surface area contributed by atoms with Crippen LogP contribution in [0.4, 0.5) is 0 Å². The Balaban J connectivity index is 2.22. The number of hydrogen-bond donors (Lipinski definition) is 0. The van der Waals surface area contributed by atoms with E-state index in [-0.39, 0.29) is 6.42 Å². The standard InChI is InChI=1S/C18H16O5/c1-2-15(19)22-18(21)16(13-9-5-3-6-10-13)23-17(20)14-11-7-4-8-12-14/h3-12,16H,2H2,1H3. The zero-order valence-corrected chi connectivity index (χ0v) is 12.6. The highest BCUT2D eigenvalue weighted by Gasteiger charge is 2.28. The first-order chi connectivity index (χ1) is 11.1. The van der Waals surface area contributed by atoms with Gasteiger partial charge in [0.15, 0.2) is 0 Å². The summed E-state index contributed by atoms with van der Waals surface area (Å²) in [5.41, 5.74) is 0.744. The van der Waals surface area contributed by atoms with Gasteiger partial charge in [-0.15, -0.1) is 0 Å². The van der Waals surface area contributed by atoms with Crippen LogP contribution in [0, 0.1) is 0 Å². The molecule has 0 aromatic heterocycles. The molecule has 0 heterocycles. The molecule has 2 rings (SSSR count). The normalized spacial score (nSPS) is 11.3. The van der Waals surface area contributed by atoms with Gasteiger partial charge >= 0.3 is 17.9 Å². The predicted octanol–water partition coefficient (Wildman–Crippen LogP) is 3.06. The molecule has 0 bridgehead atoms. The van der Waals surface area contributed by atoms with Crippen molar-refractivity contribution in [2.45, 2.75) is 19.4 Å². The highest BCUT2D eigenvalue weighted by Crippen LogP contribution is 2.21. The minimum atomic E-state index is -1.29. The lowest BCUT2D eigenvalue weighted by atomic mass is 10.1. The molecule has 2 aromatic carbocycles. The summed E-state index contributed by atoms with van der Waals surface area (Å²) in [7, 11) is 0. The van der Waals surface area contributed by atoms with Crippen molar-refractivity contribution in [1.29, 1.82) is 0 Å². The summed E-state index contributed by atoms with van der Waals surface area (Å²) in [6.45, 7) is 1.57. The van der Waals surface area contributed by atoms with Gasteiger partial charge in [0.2, 0.25) is 6.10 Å². The first-order valence-electron chi connectivity index (χ1n) is 7.17. The van der Waals surface area contributed by atoms with E-state index in [1.807, 2.05) is 0 Å². The Kier molecular flexibility index (Phi) is 5.63. The van der Waals surface area contributed by atoms with E-state index in [2.05, 4.69) is 0 Å². The number of carbonyl (C=O) groups is 3. The van der Waals surface area contributed by atoms with E-state index in [9.17, 15) is 14.4 Å². The second-order valence-electron chi connectivity index (χ2n) is 4.71. The summed E-state index contributed by atoms with van der Waals surface area (Å²) in [4.78, 5) is 35.7. The van der Waals surface area contributed by atoms with Gasteiger partial charge in [-0.3, -0.25) is 4.79 Å². The number of hydrogen-bond acceptors (Lipinski definition) is 5. The predicted molar refractivity (Wildman–Crippen MR) is 82.4 cm³/mol. The molecule has 118 valence electrons. The topological polar surface area (TPSA) is 69.7 Å². The Morgan fingerprint density at radius 2 is 1.48 bits per heavy atom. The third-order valence-corrected chi connectivity index (χ3v) is 3.05. The molecule has 0 N–H and O–H groups in total. The molecule has 0 spiro atoms. The van der Waals surface area contributed by atoms with E-state index in [0.29, 0.717) is 11.1 Å². The molecule has 1 unspecified atom stereocenters. The van der Waals surface area contributed by atoms with Crippen LogP contribution in [0.1, 0.15) is 35.4 Å². The van der Waals surface area contributed by atoms with Crippen LogP contribution < -0.4 is 0 Å². The molecular weight excluding hydrogens is 296 g/mol. The van der Waals surface area contributed by atoms with Crippen molar-refractivity contribution in [2.24, 2.45) is 0 Å². The molecular formula is C18H16O5. The number of esters is 3. The smallest absolute Gasteiger partial charge is 0.359 e. The highest BCUT2D eigenvalue weighted by atomic mass is 16.6. The van der Waals surface area contributed by atoms with Crippen LogP contribution in [-0.2, 0) is 19.1 Å². The van der Waals surface area contributed by atoms with Gasteiger partial charge in [0.25, 0.3) is 0 Å². The van der Waals surface area contributed by atoms with Gasteiger partial charge in [0, 0.05) is 12.0 Å². The SMILES string of the molecule is CCC(=O)OC(=O)C(OC(=O)c1ccccc1)c1ccccc1.